The zero-order valence-electron chi connectivity index (χ0n) is 21.5. The lowest BCUT2D eigenvalue weighted by molar-refractivity contribution is 0.121. The number of phenolic OH excluding ortho intramolecular Hbond substituents is 1. The van der Waals surface area contributed by atoms with E-state index in [0.717, 1.165) is 11.1 Å². The van der Waals surface area contributed by atoms with Crippen LogP contribution < -0.4 is 26.0 Å². The topological polar surface area (TPSA) is 57.2 Å². The lowest BCUT2D eigenvalue weighted by Crippen LogP contribution is -2.43. The molecule has 0 aliphatic carbocycles. The first-order valence-electron chi connectivity index (χ1n) is 12.3. The quantitative estimate of drug-likeness (QED) is 0.163. The molecule has 4 rings (SSSR count). The molecule has 0 saturated carbocycles. The molecule has 0 heterocycles. The molecule has 0 fully saturated rings. The summed E-state index contributed by atoms with van der Waals surface area (Å²) >= 11 is 0. The van der Waals surface area contributed by atoms with E-state index in [4.69, 9.17) is 18.0 Å². The minimum Gasteiger partial charge on any atom is -0.508 e. The molecule has 0 atom stereocenters. The maximum atomic E-state index is 10.7. The molecule has 0 amide bonds. The van der Waals surface area contributed by atoms with E-state index in [1.165, 1.54) is 15.9 Å². The van der Waals surface area contributed by atoms with Crippen molar-refractivity contribution in [3.8, 4) is 11.5 Å². The van der Waals surface area contributed by atoms with Crippen molar-refractivity contribution in [2.24, 2.45) is 0 Å². The van der Waals surface area contributed by atoms with Crippen LogP contribution in [0, 0.1) is 0 Å². The van der Waals surface area contributed by atoms with Gasteiger partial charge >= 0.3 is 8.80 Å². The van der Waals surface area contributed by atoms with Gasteiger partial charge in [0, 0.05) is 33.4 Å². The molecule has 0 aliphatic rings. The van der Waals surface area contributed by atoms with Crippen LogP contribution in [0.5, 0.6) is 11.5 Å². The van der Waals surface area contributed by atoms with Gasteiger partial charge in [-0.15, -0.1) is 0 Å². The van der Waals surface area contributed by atoms with E-state index in [2.05, 4.69) is 72.8 Å². The summed E-state index contributed by atoms with van der Waals surface area (Å²) in [5.74, 6) is 0.960. The predicted molar refractivity (Wildman–Crippen MR) is 155 cm³/mol. The summed E-state index contributed by atoms with van der Waals surface area (Å²) in [7, 11) is -0.240. The van der Waals surface area contributed by atoms with Gasteiger partial charge in [0.2, 0.25) is 0 Å². The number of rotatable bonds is 12. The van der Waals surface area contributed by atoms with Gasteiger partial charge in [0.25, 0.3) is 0 Å². The van der Waals surface area contributed by atoms with Crippen LogP contribution in [0.2, 0.25) is 6.04 Å². The predicted octanol–water partition coefficient (Wildman–Crippen LogP) is 4.66. The molecule has 0 spiro atoms. The molecule has 4 aromatic carbocycles. The third-order valence-corrected chi connectivity index (χ3v) is 13.7. The molecule has 5 nitrogen and oxygen atoms in total. The van der Waals surface area contributed by atoms with Gasteiger partial charge in [0.15, 0.2) is 11.1 Å². The minimum absolute atomic E-state index is 0.207. The molecule has 0 aliphatic heterocycles. The first-order valence-corrected chi connectivity index (χ1v) is 16.0. The molecule has 0 bridgehead atoms. The van der Waals surface area contributed by atoms with E-state index in [9.17, 15) is 5.11 Å². The highest BCUT2D eigenvalue weighted by Gasteiger charge is 2.50. The second-order valence-corrected chi connectivity index (χ2v) is 15.0. The Balaban J connectivity index is 1.85. The lowest BCUT2D eigenvalue weighted by atomic mass is 10.3. The van der Waals surface area contributed by atoms with Crippen molar-refractivity contribution < 1.29 is 23.1 Å². The summed E-state index contributed by atoms with van der Waals surface area (Å²) in [5, 5.41) is 15.3. The Morgan fingerprint density at radius 3 is 1.54 bits per heavy atom. The van der Waals surface area contributed by atoms with Gasteiger partial charge in [0.1, 0.15) is 28.9 Å². The summed E-state index contributed by atoms with van der Waals surface area (Å²) < 4.78 is 23.2. The molecule has 0 aromatic heterocycles. The molecule has 0 unspecified atom stereocenters. The van der Waals surface area contributed by atoms with Crippen molar-refractivity contribution in [3.63, 3.8) is 0 Å². The minimum atomic E-state index is -2.69. The highest BCUT2D eigenvalue weighted by Crippen LogP contribution is 2.56. The fourth-order valence-corrected chi connectivity index (χ4v) is 10.8. The second kappa shape index (κ2) is 12.5. The molecule has 4 aromatic rings. The summed E-state index contributed by atoms with van der Waals surface area (Å²) in [5.41, 5.74) is 0. The van der Waals surface area contributed by atoms with Crippen LogP contribution in [-0.4, -0.2) is 41.8 Å². The van der Waals surface area contributed by atoms with Crippen LogP contribution in [0.1, 0.15) is 6.42 Å². The SMILES string of the molecule is CO[Si](CCCOc1ccc(O)cc1[P+](c1ccccc1)(c1ccccc1)c1ccccc1)(OC)OC. The first kappa shape index (κ1) is 27.1. The molecule has 7 heteroatoms. The number of phenols is 1. The van der Waals surface area contributed by atoms with Gasteiger partial charge in [0.05, 0.1) is 6.61 Å². The zero-order valence-corrected chi connectivity index (χ0v) is 23.4. The lowest BCUT2D eigenvalue weighted by Gasteiger charge is -2.29. The van der Waals surface area contributed by atoms with Crippen molar-refractivity contribution in [2.75, 3.05) is 27.9 Å². The second-order valence-electron chi connectivity index (χ2n) is 8.58. The summed E-state index contributed by atoms with van der Waals surface area (Å²) in [6, 6.07) is 37.7. The number of benzene rings is 4. The summed E-state index contributed by atoms with van der Waals surface area (Å²) in [6.07, 6.45) is 0.704. The Hall–Kier alpha value is -2.99. The van der Waals surface area contributed by atoms with Crippen LogP contribution in [0.3, 0.4) is 0 Å². The third-order valence-electron chi connectivity index (χ3n) is 6.55. The standard InChI is InChI=1S/C30H33O5PSi/c1-32-37(33-2,34-3)23-13-22-35-29-21-20-25(31)24-30(29)36(26-14-7-4-8-15-26,27-16-9-5-10-17-27)28-18-11-6-12-19-28/h4-12,14-21,24H,13,22-23H2,1-3H3/p+1. The Labute approximate surface area is 221 Å². The Morgan fingerprint density at radius 1 is 0.649 bits per heavy atom. The third kappa shape index (κ3) is 5.64. The largest absolute Gasteiger partial charge is 0.508 e. The Morgan fingerprint density at radius 2 is 1.11 bits per heavy atom. The molecule has 0 saturated heterocycles. The Kier molecular flexibility index (Phi) is 9.14. The van der Waals surface area contributed by atoms with Crippen molar-refractivity contribution >= 4 is 37.3 Å². The van der Waals surface area contributed by atoms with E-state index in [0.29, 0.717) is 19.1 Å². The van der Waals surface area contributed by atoms with Gasteiger partial charge < -0.3 is 23.1 Å². The van der Waals surface area contributed by atoms with Crippen LogP contribution in [-0.2, 0) is 13.3 Å². The molecule has 1 N–H and O–H groups in total. The molecule has 37 heavy (non-hydrogen) atoms. The number of hydrogen-bond donors (Lipinski definition) is 1. The number of aromatic hydroxyl groups is 1. The number of ether oxygens (including phenoxy) is 1. The van der Waals surface area contributed by atoms with E-state index in [1.807, 2.05) is 30.3 Å². The van der Waals surface area contributed by atoms with Crippen molar-refractivity contribution in [2.45, 2.75) is 12.5 Å². The van der Waals surface area contributed by atoms with Crippen molar-refractivity contribution in [1.82, 2.24) is 0 Å². The van der Waals surface area contributed by atoms with Crippen LogP contribution in [0.15, 0.2) is 109 Å². The smallest absolute Gasteiger partial charge is 0.500 e. The highest BCUT2D eigenvalue weighted by molar-refractivity contribution is 8.01. The van der Waals surface area contributed by atoms with E-state index in [1.54, 1.807) is 27.4 Å². The van der Waals surface area contributed by atoms with Gasteiger partial charge in [-0.3, -0.25) is 0 Å². The van der Waals surface area contributed by atoms with Crippen molar-refractivity contribution in [1.29, 1.82) is 0 Å². The van der Waals surface area contributed by atoms with E-state index < -0.39 is 16.1 Å². The Bertz CT molecular complexity index is 1150. The molecular formula is C30H34O5PSi+. The normalized spacial score (nSPS) is 11.9. The fourth-order valence-electron chi connectivity index (χ4n) is 4.74. The van der Waals surface area contributed by atoms with Crippen molar-refractivity contribution in [3.05, 3.63) is 109 Å². The van der Waals surface area contributed by atoms with Crippen LogP contribution >= 0.6 is 7.26 Å². The van der Waals surface area contributed by atoms with Gasteiger partial charge in [-0.1, -0.05) is 54.6 Å². The average molecular weight is 534 g/mol. The van der Waals surface area contributed by atoms with Crippen LogP contribution in [0.4, 0.5) is 0 Å². The maximum Gasteiger partial charge on any atom is 0.500 e. The average Bonchev–Trinajstić information content (AvgIpc) is 2.97. The van der Waals surface area contributed by atoms with Gasteiger partial charge in [-0.2, -0.15) is 0 Å². The van der Waals surface area contributed by atoms with Crippen LogP contribution in [0.25, 0.3) is 0 Å². The van der Waals surface area contributed by atoms with Gasteiger partial charge in [-0.05, 0) is 55.0 Å². The van der Waals surface area contributed by atoms with E-state index in [-0.39, 0.29) is 5.75 Å². The monoisotopic (exact) mass is 533 g/mol. The van der Waals surface area contributed by atoms with Gasteiger partial charge in [-0.25, -0.2) is 0 Å². The fraction of sp³-hybridized carbons (Fsp3) is 0.200. The first-order chi connectivity index (χ1) is 18.1. The molecule has 192 valence electrons. The zero-order chi connectivity index (χ0) is 26.1. The molecular weight excluding hydrogens is 499 g/mol. The summed E-state index contributed by atoms with van der Waals surface area (Å²) in [6.45, 7) is 0.459. The highest BCUT2D eigenvalue weighted by atomic mass is 31.2. The maximum absolute atomic E-state index is 10.7. The molecule has 0 radical (unpaired) electrons. The number of hydrogen-bond acceptors (Lipinski definition) is 5. The summed E-state index contributed by atoms with van der Waals surface area (Å²) in [4.78, 5) is 0. The van der Waals surface area contributed by atoms with E-state index >= 15 is 0 Å².